The summed E-state index contributed by atoms with van der Waals surface area (Å²) in [7, 11) is 1.17. The van der Waals surface area contributed by atoms with Gasteiger partial charge in [0.25, 0.3) is 0 Å². The number of aliphatic hydroxyl groups is 2. The molecule has 10 heteroatoms. The number of Topliss-reactive ketones (excluding diaryl/α,β-unsaturated/α-hetero) is 2. The number of halogens is 1. The molecule has 0 amide bonds. The summed E-state index contributed by atoms with van der Waals surface area (Å²) in [5.74, 6) is -5.53. The highest BCUT2D eigenvalue weighted by molar-refractivity contribution is 6.10. The van der Waals surface area contributed by atoms with Crippen LogP contribution < -0.4 is 0 Å². The molecule has 4 aliphatic rings. The van der Waals surface area contributed by atoms with Gasteiger partial charge in [-0.3, -0.25) is 24.0 Å². The average molecular weight is 521 g/mol. The molecule has 0 heterocycles. The Hall–Kier alpha value is -2.72. The quantitative estimate of drug-likeness (QED) is 0.499. The number of rotatable bonds is 6. The maximum Gasteiger partial charge on any atom is 0.307 e. The topological polar surface area (TPSA) is 144 Å². The van der Waals surface area contributed by atoms with E-state index in [-0.39, 0.29) is 37.7 Å². The minimum absolute atomic E-state index is 0.0133. The fourth-order valence-corrected chi connectivity index (χ4v) is 7.88. The van der Waals surface area contributed by atoms with Crippen LogP contribution in [0.5, 0.6) is 0 Å². The molecule has 8 atom stereocenters. The van der Waals surface area contributed by atoms with Gasteiger partial charge in [-0.25, -0.2) is 4.39 Å². The van der Waals surface area contributed by atoms with Gasteiger partial charge in [-0.15, -0.1) is 0 Å². The molecule has 3 saturated carbocycles. The lowest BCUT2D eigenvalue weighted by molar-refractivity contribution is -0.227. The van der Waals surface area contributed by atoms with Crippen molar-refractivity contribution in [2.45, 2.75) is 70.2 Å². The zero-order chi connectivity index (χ0) is 27.6. The fraction of sp³-hybridized carbons (Fsp3) is 0.667. The number of allylic oxidation sites excluding steroid dienone is 4. The Balaban J connectivity index is 1.79. The summed E-state index contributed by atoms with van der Waals surface area (Å²) in [6, 6.07) is 0. The van der Waals surface area contributed by atoms with E-state index >= 15 is 4.39 Å². The molecule has 0 unspecified atom stereocenters. The first-order valence-electron chi connectivity index (χ1n) is 12.5. The molecular weight excluding hydrogens is 487 g/mol. The van der Waals surface area contributed by atoms with Crippen LogP contribution in [0.1, 0.15) is 52.9 Å². The zero-order valence-corrected chi connectivity index (χ0v) is 21.4. The molecule has 2 N–H and O–H groups in total. The number of ether oxygens (including phenoxy) is 2. The number of hydrogen-bond donors (Lipinski definition) is 2. The molecule has 0 aromatic heterocycles. The molecule has 0 bridgehead atoms. The second-order valence-corrected chi connectivity index (χ2v) is 11.2. The number of carbonyl (C=O) groups excluding carboxylic acids is 5. The van der Waals surface area contributed by atoms with Crippen molar-refractivity contribution in [3.63, 3.8) is 0 Å². The SMILES string of the molecule is COC(=O)CCC(=O)O[C@]1(C(=O)CO)[C@@H](C)C[C@H]2[C@@H]3CC(=O)C4=CC(=O)C=C[C@]4(C)[C@@]3(F)[C@@H](O)C[C@@]21C. The van der Waals surface area contributed by atoms with E-state index in [4.69, 9.17) is 4.74 Å². The summed E-state index contributed by atoms with van der Waals surface area (Å²) in [6.07, 6.45) is 0.956. The van der Waals surface area contributed by atoms with E-state index in [2.05, 4.69) is 4.74 Å². The number of carbonyl (C=O) groups is 5. The third kappa shape index (κ3) is 3.51. The maximum absolute atomic E-state index is 17.3. The third-order valence-corrected chi connectivity index (χ3v) is 9.62. The van der Waals surface area contributed by atoms with Gasteiger partial charge >= 0.3 is 11.9 Å². The van der Waals surface area contributed by atoms with Crippen molar-refractivity contribution in [2.24, 2.45) is 28.6 Å². The Morgan fingerprint density at radius 1 is 1.14 bits per heavy atom. The summed E-state index contributed by atoms with van der Waals surface area (Å²) in [4.78, 5) is 63.0. The molecular formula is C27H33FO9. The Kier molecular flexibility index (Phi) is 6.60. The molecule has 37 heavy (non-hydrogen) atoms. The van der Waals surface area contributed by atoms with Gasteiger partial charge in [0.15, 0.2) is 22.8 Å². The number of fused-ring (bicyclic) bond motifs is 5. The second-order valence-electron chi connectivity index (χ2n) is 11.2. The summed E-state index contributed by atoms with van der Waals surface area (Å²) < 4.78 is 27.7. The minimum Gasteiger partial charge on any atom is -0.469 e. The number of esters is 2. The van der Waals surface area contributed by atoms with Crippen molar-refractivity contribution in [3.05, 3.63) is 23.8 Å². The van der Waals surface area contributed by atoms with Gasteiger partial charge in [-0.05, 0) is 37.8 Å². The molecule has 4 rings (SSSR count). The lowest BCUT2D eigenvalue weighted by atomic mass is 9.44. The third-order valence-electron chi connectivity index (χ3n) is 9.62. The first-order valence-corrected chi connectivity index (χ1v) is 12.5. The molecule has 9 nitrogen and oxygen atoms in total. The smallest absolute Gasteiger partial charge is 0.307 e. The number of aliphatic hydroxyl groups excluding tert-OH is 2. The van der Waals surface area contributed by atoms with Crippen LogP contribution in [0.25, 0.3) is 0 Å². The minimum atomic E-state index is -2.33. The average Bonchev–Trinajstić information content (AvgIpc) is 3.07. The van der Waals surface area contributed by atoms with Gasteiger partial charge in [0.2, 0.25) is 5.78 Å². The van der Waals surface area contributed by atoms with Crippen molar-refractivity contribution >= 4 is 29.3 Å². The van der Waals surface area contributed by atoms with Crippen LogP contribution in [0.3, 0.4) is 0 Å². The normalized spacial score (nSPS) is 42.3. The molecule has 0 radical (unpaired) electrons. The lowest BCUT2D eigenvalue weighted by Gasteiger charge is -2.62. The van der Waals surface area contributed by atoms with Gasteiger partial charge in [0.1, 0.15) is 6.61 Å². The van der Waals surface area contributed by atoms with Gasteiger partial charge in [0.05, 0.1) is 31.5 Å². The summed E-state index contributed by atoms with van der Waals surface area (Å²) >= 11 is 0. The first kappa shape index (κ1) is 27.3. The summed E-state index contributed by atoms with van der Waals surface area (Å²) in [5.41, 5.74) is -7.10. The number of alkyl halides is 1. The predicted octanol–water partition coefficient (Wildman–Crippen LogP) is 1.58. The second kappa shape index (κ2) is 8.94. The van der Waals surface area contributed by atoms with Crippen molar-refractivity contribution in [2.75, 3.05) is 13.7 Å². The van der Waals surface area contributed by atoms with E-state index in [0.29, 0.717) is 0 Å². The molecule has 202 valence electrons. The highest BCUT2D eigenvalue weighted by atomic mass is 19.1. The van der Waals surface area contributed by atoms with Crippen LogP contribution in [-0.2, 0) is 33.4 Å². The lowest BCUT2D eigenvalue weighted by Crippen LogP contribution is -2.71. The standard InChI is InChI=1S/C27H33FO9/c1-14-9-16-17-11-19(31)18-10-15(30)7-8-24(18,2)26(17,28)20(32)12-25(16,3)27(14,21(33)13-29)37-23(35)6-5-22(34)36-4/h7-8,10,14,16-17,20,29,32H,5-6,9,11-13H2,1-4H3/t14-,16-,17-,20-,24-,25-,26-,27-/m0/s1. The van der Waals surface area contributed by atoms with E-state index in [0.717, 1.165) is 6.08 Å². The van der Waals surface area contributed by atoms with Crippen molar-refractivity contribution in [1.82, 2.24) is 0 Å². The Morgan fingerprint density at radius 3 is 2.41 bits per heavy atom. The van der Waals surface area contributed by atoms with Crippen molar-refractivity contribution in [1.29, 1.82) is 0 Å². The number of methoxy groups -OCH3 is 1. The number of hydrogen-bond acceptors (Lipinski definition) is 9. The van der Waals surface area contributed by atoms with Crippen LogP contribution >= 0.6 is 0 Å². The zero-order valence-electron chi connectivity index (χ0n) is 21.4. The number of ketones is 3. The molecule has 0 saturated heterocycles. The van der Waals surface area contributed by atoms with E-state index < -0.39 is 81.9 Å². The van der Waals surface area contributed by atoms with Crippen molar-refractivity contribution < 1.29 is 48.0 Å². The van der Waals surface area contributed by atoms with Crippen molar-refractivity contribution in [3.8, 4) is 0 Å². The van der Waals surface area contributed by atoms with Crippen LogP contribution in [0.2, 0.25) is 0 Å². The van der Waals surface area contributed by atoms with Crippen LogP contribution in [0.4, 0.5) is 4.39 Å². The summed E-state index contributed by atoms with van der Waals surface area (Å²) in [5, 5.41) is 21.3. The van der Waals surface area contributed by atoms with Gasteiger partial charge in [-0.1, -0.05) is 19.9 Å². The van der Waals surface area contributed by atoms with E-state index in [1.54, 1.807) is 13.8 Å². The Bertz CT molecular complexity index is 1130. The highest BCUT2D eigenvalue weighted by Gasteiger charge is 2.78. The fourth-order valence-electron chi connectivity index (χ4n) is 7.88. The monoisotopic (exact) mass is 520 g/mol. The summed E-state index contributed by atoms with van der Waals surface area (Å²) in [6.45, 7) is 3.83. The molecule has 0 aliphatic heterocycles. The van der Waals surface area contributed by atoms with Crippen LogP contribution in [0.15, 0.2) is 23.8 Å². The molecule has 4 aliphatic carbocycles. The molecule has 0 aromatic carbocycles. The van der Waals surface area contributed by atoms with Gasteiger partial charge < -0.3 is 19.7 Å². The van der Waals surface area contributed by atoms with Gasteiger partial charge in [-0.2, -0.15) is 0 Å². The van der Waals surface area contributed by atoms with Crippen LogP contribution in [-0.4, -0.2) is 70.6 Å². The van der Waals surface area contributed by atoms with Crippen LogP contribution in [0, 0.1) is 28.6 Å². The molecule has 0 aromatic rings. The first-order chi connectivity index (χ1) is 17.2. The predicted molar refractivity (Wildman–Crippen MR) is 125 cm³/mol. The highest BCUT2D eigenvalue weighted by Crippen LogP contribution is 2.71. The maximum atomic E-state index is 17.3. The van der Waals surface area contributed by atoms with E-state index in [1.165, 1.54) is 26.2 Å². The van der Waals surface area contributed by atoms with E-state index in [9.17, 15) is 34.2 Å². The Morgan fingerprint density at radius 2 is 1.78 bits per heavy atom. The Labute approximate surface area is 214 Å². The van der Waals surface area contributed by atoms with E-state index in [1.807, 2.05) is 0 Å². The molecule has 0 spiro atoms. The van der Waals surface area contributed by atoms with Gasteiger partial charge in [0, 0.05) is 29.2 Å². The molecule has 3 fully saturated rings. The largest absolute Gasteiger partial charge is 0.469 e.